The van der Waals surface area contributed by atoms with Crippen LogP contribution in [0.4, 0.5) is 0 Å². The third-order valence-electron chi connectivity index (χ3n) is 2.38. The molecule has 2 atom stereocenters. The van der Waals surface area contributed by atoms with Gasteiger partial charge in [0.15, 0.2) is 0 Å². The van der Waals surface area contributed by atoms with E-state index in [4.69, 9.17) is 5.73 Å². The Bertz CT molecular complexity index is 85.3. The Labute approximate surface area is 69.8 Å². The summed E-state index contributed by atoms with van der Waals surface area (Å²) in [7, 11) is 0. The highest BCUT2D eigenvalue weighted by Crippen LogP contribution is 2.27. The van der Waals surface area contributed by atoms with Gasteiger partial charge in [0.25, 0.3) is 0 Å². The summed E-state index contributed by atoms with van der Waals surface area (Å²) >= 11 is 0. The first-order valence-corrected chi connectivity index (χ1v) is 4.10. The molecule has 0 heterocycles. The standard InChI is InChI=1S/C8H17N.ClH/c1-2-4-7-5-3-6-8(7)9;/h7-8H,2-6,9H2,1H3;1H/t7-,8-;/m1./s1. The molecular formula is C8H18ClN. The molecule has 0 radical (unpaired) electrons. The molecule has 1 saturated carbocycles. The van der Waals surface area contributed by atoms with Crippen LogP contribution in [0.3, 0.4) is 0 Å². The molecule has 10 heavy (non-hydrogen) atoms. The molecule has 1 aliphatic carbocycles. The number of nitrogens with two attached hydrogens (primary N) is 1. The molecule has 1 fully saturated rings. The van der Waals surface area contributed by atoms with Crippen molar-refractivity contribution in [3.8, 4) is 0 Å². The SMILES string of the molecule is CCC[C@@H]1CCC[C@H]1N.Cl. The average molecular weight is 164 g/mol. The topological polar surface area (TPSA) is 26.0 Å². The maximum atomic E-state index is 5.87. The van der Waals surface area contributed by atoms with Gasteiger partial charge in [0.05, 0.1) is 0 Å². The van der Waals surface area contributed by atoms with Gasteiger partial charge in [-0.2, -0.15) is 0 Å². The highest BCUT2D eigenvalue weighted by atomic mass is 35.5. The van der Waals surface area contributed by atoms with Crippen LogP contribution in [0, 0.1) is 5.92 Å². The average Bonchev–Trinajstić information content (AvgIpc) is 2.18. The van der Waals surface area contributed by atoms with E-state index in [0.717, 1.165) is 5.92 Å². The van der Waals surface area contributed by atoms with E-state index in [1.165, 1.54) is 32.1 Å². The number of hydrogen-bond acceptors (Lipinski definition) is 1. The van der Waals surface area contributed by atoms with Crippen LogP contribution < -0.4 is 5.73 Å². The van der Waals surface area contributed by atoms with Gasteiger partial charge in [-0.25, -0.2) is 0 Å². The lowest BCUT2D eigenvalue weighted by Gasteiger charge is -2.12. The molecule has 0 aromatic carbocycles. The lowest BCUT2D eigenvalue weighted by Crippen LogP contribution is -2.23. The summed E-state index contributed by atoms with van der Waals surface area (Å²) in [6.07, 6.45) is 6.67. The molecule has 0 unspecified atom stereocenters. The van der Waals surface area contributed by atoms with Gasteiger partial charge >= 0.3 is 0 Å². The fraction of sp³-hybridized carbons (Fsp3) is 1.00. The van der Waals surface area contributed by atoms with Gasteiger partial charge in [-0.15, -0.1) is 12.4 Å². The monoisotopic (exact) mass is 163 g/mol. The van der Waals surface area contributed by atoms with Crippen LogP contribution in [-0.2, 0) is 0 Å². The van der Waals surface area contributed by atoms with E-state index in [9.17, 15) is 0 Å². The van der Waals surface area contributed by atoms with Crippen molar-refractivity contribution in [2.24, 2.45) is 11.7 Å². The van der Waals surface area contributed by atoms with Gasteiger partial charge in [-0.05, 0) is 25.2 Å². The first-order chi connectivity index (χ1) is 4.34. The van der Waals surface area contributed by atoms with Gasteiger partial charge in [0.1, 0.15) is 0 Å². The Morgan fingerprint density at radius 3 is 2.50 bits per heavy atom. The zero-order valence-corrected chi connectivity index (χ0v) is 7.49. The first kappa shape index (κ1) is 10.2. The van der Waals surface area contributed by atoms with Gasteiger partial charge in [0.2, 0.25) is 0 Å². The van der Waals surface area contributed by atoms with Gasteiger partial charge in [0, 0.05) is 6.04 Å². The van der Waals surface area contributed by atoms with Crippen LogP contribution in [0.25, 0.3) is 0 Å². The molecule has 0 saturated heterocycles. The van der Waals surface area contributed by atoms with E-state index in [1.54, 1.807) is 0 Å². The number of halogens is 1. The Kier molecular flexibility index (Phi) is 5.10. The molecule has 62 valence electrons. The number of rotatable bonds is 2. The maximum absolute atomic E-state index is 5.87. The van der Waals surface area contributed by atoms with E-state index in [1.807, 2.05) is 0 Å². The molecule has 0 aromatic heterocycles. The molecule has 2 N–H and O–H groups in total. The summed E-state index contributed by atoms with van der Waals surface area (Å²) in [5.74, 6) is 0.856. The summed E-state index contributed by atoms with van der Waals surface area (Å²) in [5.41, 5.74) is 5.87. The summed E-state index contributed by atoms with van der Waals surface area (Å²) in [5, 5.41) is 0. The molecule has 0 spiro atoms. The predicted molar refractivity (Wildman–Crippen MR) is 47.5 cm³/mol. The second kappa shape index (κ2) is 4.97. The highest BCUT2D eigenvalue weighted by Gasteiger charge is 2.22. The first-order valence-electron chi connectivity index (χ1n) is 4.10. The van der Waals surface area contributed by atoms with Crippen molar-refractivity contribution in [2.45, 2.75) is 45.1 Å². The molecule has 0 aliphatic heterocycles. The highest BCUT2D eigenvalue weighted by molar-refractivity contribution is 5.85. The van der Waals surface area contributed by atoms with Crippen molar-refractivity contribution in [3.05, 3.63) is 0 Å². The van der Waals surface area contributed by atoms with Crippen molar-refractivity contribution < 1.29 is 0 Å². The summed E-state index contributed by atoms with van der Waals surface area (Å²) in [6.45, 7) is 2.24. The van der Waals surface area contributed by atoms with Crippen LogP contribution in [0.2, 0.25) is 0 Å². The minimum atomic E-state index is 0. The molecule has 1 nitrogen and oxygen atoms in total. The second-order valence-corrected chi connectivity index (χ2v) is 3.14. The lowest BCUT2D eigenvalue weighted by molar-refractivity contribution is 0.442. The van der Waals surface area contributed by atoms with Crippen molar-refractivity contribution in [1.82, 2.24) is 0 Å². The van der Waals surface area contributed by atoms with Gasteiger partial charge < -0.3 is 5.73 Å². The quantitative estimate of drug-likeness (QED) is 0.665. The Balaban J connectivity index is 0.000000810. The van der Waals surface area contributed by atoms with E-state index in [-0.39, 0.29) is 12.4 Å². The Morgan fingerprint density at radius 2 is 2.10 bits per heavy atom. The molecule has 1 aliphatic rings. The van der Waals surface area contributed by atoms with Crippen LogP contribution >= 0.6 is 12.4 Å². The normalized spacial score (nSPS) is 31.8. The fourth-order valence-electron chi connectivity index (χ4n) is 1.79. The van der Waals surface area contributed by atoms with Crippen LogP contribution in [0.1, 0.15) is 39.0 Å². The van der Waals surface area contributed by atoms with E-state index >= 15 is 0 Å². The van der Waals surface area contributed by atoms with Crippen LogP contribution in [0.15, 0.2) is 0 Å². The maximum Gasteiger partial charge on any atom is 0.00671 e. The predicted octanol–water partition coefficient (Wildman–Crippen LogP) is 2.34. The summed E-state index contributed by atoms with van der Waals surface area (Å²) < 4.78 is 0. The fourth-order valence-corrected chi connectivity index (χ4v) is 1.79. The minimum Gasteiger partial charge on any atom is -0.327 e. The van der Waals surface area contributed by atoms with Crippen molar-refractivity contribution >= 4 is 12.4 Å². The zero-order chi connectivity index (χ0) is 6.69. The van der Waals surface area contributed by atoms with Crippen molar-refractivity contribution in [2.75, 3.05) is 0 Å². The molecule has 2 heteroatoms. The number of hydrogen-bond donors (Lipinski definition) is 1. The third kappa shape index (κ3) is 2.47. The third-order valence-corrected chi connectivity index (χ3v) is 2.38. The summed E-state index contributed by atoms with van der Waals surface area (Å²) in [4.78, 5) is 0. The second-order valence-electron chi connectivity index (χ2n) is 3.14. The molecule has 0 amide bonds. The van der Waals surface area contributed by atoms with Gasteiger partial charge in [-0.3, -0.25) is 0 Å². The molecule has 1 rings (SSSR count). The smallest absolute Gasteiger partial charge is 0.00671 e. The van der Waals surface area contributed by atoms with E-state index in [2.05, 4.69) is 6.92 Å². The van der Waals surface area contributed by atoms with Crippen LogP contribution in [0.5, 0.6) is 0 Å². The largest absolute Gasteiger partial charge is 0.327 e. The van der Waals surface area contributed by atoms with E-state index < -0.39 is 0 Å². The molecular weight excluding hydrogens is 146 g/mol. The molecule has 0 aromatic rings. The Hall–Kier alpha value is 0.250. The lowest BCUT2D eigenvalue weighted by atomic mass is 9.99. The minimum absolute atomic E-state index is 0. The van der Waals surface area contributed by atoms with E-state index in [0.29, 0.717) is 6.04 Å². The summed E-state index contributed by atoms with van der Waals surface area (Å²) in [6, 6.07) is 0.532. The zero-order valence-electron chi connectivity index (χ0n) is 6.68. The van der Waals surface area contributed by atoms with Crippen molar-refractivity contribution in [1.29, 1.82) is 0 Å². The van der Waals surface area contributed by atoms with Crippen LogP contribution in [-0.4, -0.2) is 6.04 Å². The molecule has 0 bridgehead atoms. The van der Waals surface area contributed by atoms with Crippen molar-refractivity contribution in [3.63, 3.8) is 0 Å². The Morgan fingerprint density at radius 1 is 1.40 bits per heavy atom. The van der Waals surface area contributed by atoms with Gasteiger partial charge in [-0.1, -0.05) is 19.8 Å².